The molecule has 0 aliphatic rings. The largest absolute Gasteiger partial charge is 0.388 e. The zero-order chi connectivity index (χ0) is 19.5. The van der Waals surface area contributed by atoms with E-state index in [1.54, 1.807) is 0 Å². The second-order valence-corrected chi connectivity index (χ2v) is 6.72. The molecule has 0 spiro atoms. The molecule has 4 rings (SSSR count). The van der Waals surface area contributed by atoms with Crippen molar-refractivity contribution in [2.45, 2.75) is 6.54 Å². The van der Waals surface area contributed by atoms with Crippen LogP contribution in [0.2, 0.25) is 0 Å². The van der Waals surface area contributed by atoms with Gasteiger partial charge in [-0.05, 0) is 34.9 Å². The van der Waals surface area contributed by atoms with E-state index in [9.17, 15) is 0 Å². The molecule has 4 heteroatoms. The Bertz CT molecular complexity index is 1150. The average Bonchev–Trinajstić information content (AvgIpc) is 3.15. The van der Waals surface area contributed by atoms with E-state index < -0.39 is 0 Å². The molecular formula is C24H22N4. The van der Waals surface area contributed by atoms with Gasteiger partial charge in [0.1, 0.15) is 5.65 Å². The topological polar surface area (TPSA) is 53.7 Å². The number of hydrogen-bond acceptors (Lipinski definition) is 3. The Morgan fingerprint density at radius 1 is 1.07 bits per heavy atom. The highest BCUT2D eigenvalue weighted by molar-refractivity contribution is 5.89. The minimum Gasteiger partial charge on any atom is -0.388 e. The molecule has 0 aliphatic carbocycles. The average molecular weight is 366 g/mol. The summed E-state index contributed by atoms with van der Waals surface area (Å²) in [6.45, 7) is 4.58. The molecule has 4 aromatic rings. The van der Waals surface area contributed by atoms with Gasteiger partial charge in [0.2, 0.25) is 0 Å². The van der Waals surface area contributed by atoms with E-state index in [1.165, 1.54) is 11.8 Å². The Morgan fingerprint density at radius 3 is 2.61 bits per heavy atom. The van der Waals surface area contributed by atoms with Crippen LogP contribution in [0.15, 0.2) is 73.6 Å². The zero-order valence-corrected chi connectivity index (χ0v) is 15.8. The van der Waals surface area contributed by atoms with Crippen LogP contribution in [0.25, 0.3) is 28.2 Å². The molecular weight excluding hydrogens is 344 g/mol. The Hall–Kier alpha value is -3.66. The third-order valence-electron chi connectivity index (χ3n) is 4.98. The van der Waals surface area contributed by atoms with E-state index in [0.717, 1.165) is 45.5 Å². The lowest BCUT2D eigenvalue weighted by atomic mass is 10.0. The third kappa shape index (κ3) is 3.32. The summed E-state index contributed by atoms with van der Waals surface area (Å²) < 4.78 is 2.17. The van der Waals surface area contributed by atoms with Gasteiger partial charge in [0.15, 0.2) is 0 Å². The molecule has 0 unspecified atom stereocenters. The van der Waals surface area contributed by atoms with Crippen molar-refractivity contribution in [1.82, 2.24) is 9.55 Å². The normalized spacial score (nSPS) is 10.8. The van der Waals surface area contributed by atoms with Crippen molar-refractivity contribution in [2.24, 2.45) is 0 Å². The summed E-state index contributed by atoms with van der Waals surface area (Å²) in [5.41, 5.74) is 7.28. The van der Waals surface area contributed by atoms with E-state index in [1.807, 2.05) is 31.5 Å². The Morgan fingerprint density at radius 2 is 1.89 bits per heavy atom. The van der Waals surface area contributed by atoms with Gasteiger partial charge in [0.05, 0.1) is 0 Å². The quantitative estimate of drug-likeness (QED) is 0.447. The first-order valence-electron chi connectivity index (χ1n) is 9.21. The lowest BCUT2D eigenvalue weighted by Crippen LogP contribution is -1.99. The summed E-state index contributed by atoms with van der Waals surface area (Å²) in [4.78, 5) is 4.73. The Kier molecular flexibility index (Phi) is 4.77. The molecule has 0 saturated carbocycles. The second-order valence-electron chi connectivity index (χ2n) is 6.72. The Labute approximate surface area is 164 Å². The number of nitrogens with zero attached hydrogens (tertiary/aromatic N) is 2. The number of rotatable bonds is 6. The summed E-state index contributed by atoms with van der Waals surface area (Å²) in [5, 5.41) is 11.8. The van der Waals surface area contributed by atoms with Crippen molar-refractivity contribution in [2.75, 3.05) is 12.4 Å². The van der Waals surface area contributed by atoms with Gasteiger partial charge in [-0.3, -0.25) is 0 Å². The number of nitrogens with one attached hydrogen (secondary N) is 2. The van der Waals surface area contributed by atoms with Gasteiger partial charge < -0.3 is 15.3 Å². The summed E-state index contributed by atoms with van der Waals surface area (Å²) in [6.07, 6.45) is 7.21. The van der Waals surface area contributed by atoms with Crippen LogP contribution in [0.5, 0.6) is 0 Å². The molecule has 0 radical (unpaired) electrons. The minimum absolute atomic E-state index is 0.783. The molecule has 0 fully saturated rings. The number of hydrogen-bond donors (Lipinski definition) is 2. The first-order valence-corrected chi connectivity index (χ1v) is 9.21. The van der Waals surface area contributed by atoms with Crippen LogP contribution in [-0.2, 0) is 6.54 Å². The van der Waals surface area contributed by atoms with Crippen LogP contribution >= 0.6 is 0 Å². The van der Waals surface area contributed by atoms with Crippen molar-refractivity contribution in [3.05, 3.63) is 90.3 Å². The van der Waals surface area contributed by atoms with E-state index in [-0.39, 0.29) is 0 Å². The molecule has 0 aliphatic heterocycles. The second kappa shape index (κ2) is 7.53. The maximum absolute atomic E-state index is 7.50. The van der Waals surface area contributed by atoms with E-state index in [0.29, 0.717) is 0 Å². The van der Waals surface area contributed by atoms with Crippen molar-refractivity contribution < 1.29 is 0 Å². The Balaban J connectivity index is 1.65. The van der Waals surface area contributed by atoms with Crippen LogP contribution in [0, 0.1) is 5.41 Å². The summed E-state index contributed by atoms with van der Waals surface area (Å²) in [6, 6.07) is 18.7. The molecule has 2 N–H and O–H groups in total. The first kappa shape index (κ1) is 17.7. The van der Waals surface area contributed by atoms with Gasteiger partial charge in [-0.1, -0.05) is 49.1 Å². The fraction of sp³-hybridized carbons (Fsp3) is 0.0833. The van der Waals surface area contributed by atoms with E-state index in [2.05, 4.69) is 65.1 Å². The highest BCUT2D eigenvalue weighted by Crippen LogP contribution is 2.27. The van der Waals surface area contributed by atoms with Crippen LogP contribution in [-0.4, -0.2) is 22.8 Å². The summed E-state index contributed by atoms with van der Waals surface area (Å²) >= 11 is 0. The fourth-order valence-corrected chi connectivity index (χ4v) is 3.40. The maximum atomic E-state index is 7.50. The molecule has 0 bridgehead atoms. The van der Waals surface area contributed by atoms with Crippen LogP contribution in [0.1, 0.15) is 16.7 Å². The van der Waals surface area contributed by atoms with E-state index >= 15 is 0 Å². The predicted molar refractivity (Wildman–Crippen MR) is 118 cm³/mol. The van der Waals surface area contributed by atoms with Gasteiger partial charge in [-0.15, -0.1) is 0 Å². The van der Waals surface area contributed by atoms with Crippen molar-refractivity contribution in [1.29, 1.82) is 5.41 Å². The SMILES string of the molecule is C=Cc1ccc(Cn2ccc3cc(-c4ccc(C=N)c(NC)c4)cnc32)cc1. The van der Waals surface area contributed by atoms with Gasteiger partial charge in [-0.2, -0.15) is 0 Å². The monoisotopic (exact) mass is 366 g/mol. The molecule has 2 heterocycles. The fourth-order valence-electron chi connectivity index (χ4n) is 3.40. The molecule has 0 saturated heterocycles. The molecule has 0 atom stereocenters. The lowest BCUT2D eigenvalue weighted by molar-refractivity contribution is 0.825. The molecule has 2 aromatic heterocycles. The number of aromatic nitrogens is 2. The van der Waals surface area contributed by atoms with Crippen molar-refractivity contribution in [3.8, 4) is 11.1 Å². The zero-order valence-electron chi connectivity index (χ0n) is 15.8. The predicted octanol–water partition coefficient (Wildman–Crippen LogP) is 5.43. The van der Waals surface area contributed by atoms with Crippen LogP contribution < -0.4 is 5.32 Å². The number of fused-ring (bicyclic) bond motifs is 1. The van der Waals surface area contributed by atoms with Gasteiger partial charge in [0, 0.05) is 54.4 Å². The highest BCUT2D eigenvalue weighted by Gasteiger charge is 2.08. The minimum atomic E-state index is 0.783. The smallest absolute Gasteiger partial charge is 0.140 e. The summed E-state index contributed by atoms with van der Waals surface area (Å²) in [5.74, 6) is 0. The van der Waals surface area contributed by atoms with Crippen LogP contribution in [0.4, 0.5) is 5.69 Å². The first-order chi connectivity index (χ1) is 13.7. The molecule has 0 amide bonds. The number of anilines is 1. The van der Waals surface area contributed by atoms with Crippen molar-refractivity contribution >= 4 is 29.0 Å². The van der Waals surface area contributed by atoms with E-state index in [4.69, 9.17) is 10.4 Å². The molecule has 28 heavy (non-hydrogen) atoms. The molecule has 2 aromatic carbocycles. The number of benzene rings is 2. The number of pyridine rings is 1. The standard InChI is InChI=1S/C24H22N4/c1-3-17-4-6-18(7-5-17)16-28-11-10-20-12-22(15-27-24(20)28)19-8-9-21(14-25)23(13-19)26-2/h3-15,25-26H,1,16H2,2H3. The maximum Gasteiger partial charge on any atom is 0.140 e. The van der Waals surface area contributed by atoms with Crippen molar-refractivity contribution in [3.63, 3.8) is 0 Å². The van der Waals surface area contributed by atoms with Crippen LogP contribution in [0.3, 0.4) is 0 Å². The third-order valence-corrected chi connectivity index (χ3v) is 4.98. The summed E-state index contributed by atoms with van der Waals surface area (Å²) in [7, 11) is 1.87. The van der Waals surface area contributed by atoms with Gasteiger partial charge in [0.25, 0.3) is 0 Å². The van der Waals surface area contributed by atoms with Gasteiger partial charge >= 0.3 is 0 Å². The highest BCUT2D eigenvalue weighted by atomic mass is 15.0. The molecule has 138 valence electrons. The van der Waals surface area contributed by atoms with Gasteiger partial charge in [-0.25, -0.2) is 4.98 Å². The lowest BCUT2D eigenvalue weighted by Gasteiger charge is -2.09. The molecule has 4 nitrogen and oxygen atoms in total.